The van der Waals surface area contributed by atoms with Gasteiger partial charge in [-0.25, -0.2) is 4.79 Å². The van der Waals surface area contributed by atoms with Crippen LogP contribution < -0.4 is 0 Å². The number of amides is 2. The third-order valence-electron chi connectivity index (χ3n) is 1.31. The predicted molar refractivity (Wildman–Crippen MR) is 61.7 cm³/mol. The normalized spacial score (nSPS) is 9.83. The molecule has 18 heavy (non-hydrogen) atoms. The molecule has 2 amide bonds. The highest BCUT2D eigenvalue weighted by atomic mass is 32.2. The second-order valence-electron chi connectivity index (χ2n) is 2.83. The number of hydroxylamine groups is 2. The Balaban J connectivity index is 0. The van der Waals surface area contributed by atoms with E-state index in [1.165, 1.54) is 0 Å². The van der Waals surface area contributed by atoms with Crippen LogP contribution in [-0.4, -0.2) is 41.6 Å². The maximum Gasteiger partial charge on any atom is 0.330 e. The summed E-state index contributed by atoms with van der Waals surface area (Å²) in [6.45, 7) is 5.94. The quantitative estimate of drug-likeness (QED) is 0.578. The fraction of sp³-hybridized carbons (Fsp3) is 0.667. The van der Waals surface area contributed by atoms with Crippen LogP contribution in [0.1, 0.15) is 34.1 Å². The van der Waals surface area contributed by atoms with E-state index in [-0.39, 0.29) is 5.06 Å². The second kappa shape index (κ2) is 8.59. The summed E-state index contributed by atoms with van der Waals surface area (Å²) in [7, 11) is -4.31. The lowest BCUT2D eigenvalue weighted by Crippen LogP contribution is -2.37. The van der Waals surface area contributed by atoms with E-state index in [0.717, 1.165) is 13.8 Å². The Labute approximate surface area is 106 Å². The van der Waals surface area contributed by atoms with E-state index in [9.17, 15) is 22.8 Å². The van der Waals surface area contributed by atoms with Crippen LogP contribution in [0.5, 0.6) is 0 Å². The monoisotopic (exact) mass is 283 g/mol. The van der Waals surface area contributed by atoms with Crippen molar-refractivity contribution in [2.75, 3.05) is 5.75 Å². The Bertz CT molecular complexity index is 401. The first kappa shape index (κ1) is 18.9. The molecule has 0 saturated heterocycles. The van der Waals surface area contributed by atoms with Gasteiger partial charge in [0, 0.05) is 20.3 Å². The standard InChI is InChI=1S/C7H11NO7S.C2H6/c1-5(9)8(15-6(2)10)7(11)3-4-16(12,13)14;1-2/h3-4H2,1-2H3,(H,12,13,14);1-2H3. The summed E-state index contributed by atoms with van der Waals surface area (Å²) in [5, 5.41) is 0.146. The molecule has 0 rings (SSSR count). The van der Waals surface area contributed by atoms with E-state index in [4.69, 9.17) is 4.55 Å². The van der Waals surface area contributed by atoms with Crippen molar-refractivity contribution in [2.24, 2.45) is 0 Å². The molecule has 1 N–H and O–H groups in total. The Kier molecular flexibility index (Phi) is 9.00. The molecule has 0 aromatic rings. The van der Waals surface area contributed by atoms with Crippen molar-refractivity contribution in [1.29, 1.82) is 0 Å². The number of imide groups is 1. The van der Waals surface area contributed by atoms with Crippen molar-refractivity contribution in [2.45, 2.75) is 34.1 Å². The van der Waals surface area contributed by atoms with Crippen LogP contribution in [0.4, 0.5) is 0 Å². The molecular weight excluding hydrogens is 266 g/mol. The Morgan fingerprint density at radius 2 is 1.61 bits per heavy atom. The molecule has 0 heterocycles. The van der Waals surface area contributed by atoms with Gasteiger partial charge in [-0.3, -0.25) is 14.1 Å². The van der Waals surface area contributed by atoms with Crippen LogP contribution in [0.25, 0.3) is 0 Å². The molecule has 0 aliphatic carbocycles. The van der Waals surface area contributed by atoms with Gasteiger partial charge in [-0.2, -0.15) is 8.42 Å². The second-order valence-corrected chi connectivity index (χ2v) is 4.40. The van der Waals surface area contributed by atoms with Crippen LogP contribution in [0.2, 0.25) is 0 Å². The Morgan fingerprint density at radius 1 is 1.17 bits per heavy atom. The van der Waals surface area contributed by atoms with Gasteiger partial charge in [0.1, 0.15) is 0 Å². The molecule has 0 atom stereocenters. The van der Waals surface area contributed by atoms with Gasteiger partial charge in [-0.05, 0) is 0 Å². The molecule has 0 aromatic heterocycles. The molecule has 0 aromatic carbocycles. The average molecular weight is 283 g/mol. The molecular formula is C9H17NO7S. The van der Waals surface area contributed by atoms with Crippen LogP contribution in [0, 0.1) is 0 Å². The van der Waals surface area contributed by atoms with E-state index >= 15 is 0 Å². The maximum absolute atomic E-state index is 11.2. The Hall–Kier alpha value is -1.48. The number of carbonyl (C=O) groups excluding carboxylic acids is 3. The SMILES string of the molecule is CC.CC(=O)ON(C(C)=O)C(=O)CCS(=O)(=O)O. The summed E-state index contributed by atoms with van der Waals surface area (Å²) in [5.74, 6) is -3.64. The fourth-order valence-corrected chi connectivity index (χ4v) is 1.17. The van der Waals surface area contributed by atoms with E-state index in [1.54, 1.807) is 0 Å². The van der Waals surface area contributed by atoms with E-state index in [1.807, 2.05) is 13.8 Å². The van der Waals surface area contributed by atoms with Gasteiger partial charge in [0.25, 0.3) is 21.9 Å². The molecule has 8 nitrogen and oxygen atoms in total. The minimum Gasteiger partial charge on any atom is -0.331 e. The van der Waals surface area contributed by atoms with E-state index < -0.39 is 40.1 Å². The van der Waals surface area contributed by atoms with Gasteiger partial charge in [-0.15, -0.1) is 5.06 Å². The van der Waals surface area contributed by atoms with Crippen molar-refractivity contribution in [1.82, 2.24) is 5.06 Å². The highest BCUT2D eigenvalue weighted by Crippen LogP contribution is 2.00. The van der Waals surface area contributed by atoms with Crippen molar-refractivity contribution in [3.63, 3.8) is 0 Å². The van der Waals surface area contributed by atoms with E-state index in [0.29, 0.717) is 0 Å². The molecule has 0 fully saturated rings. The number of nitrogens with zero attached hydrogens (tertiary/aromatic N) is 1. The van der Waals surface area contributed by atoms with Gasteiger partial charge in [-0.1, -0.05) is 13.8 Å². The smallest absolute Gasteiger partial charge is 0.330 e. The average Bonchev–Trinajstić information content (AvgIpc) is 2.24. The van der Waals surface area contributed by atoms with Gasteiger partial charge < -0.3 is 4.84 Å². The minimum absolute atomic E-state index is 0.146. The van der Waals surface area contributed by atoms with Gasteiger partial charge in [0.05, 0.1) is 5.75 Å². The molecule has 0 unspecified atom stereocenters. The molecule has 0 saturated carbocycles. The molecule has 106 valence electrons. The van der Waals surface area contributed by atoms with Crippen molar-refractivity contribution < 1.29 is 32.2 Å². The number of hydrogen-bond acceptors (Lipinski definition) is 6. The highest BCUT2D eigenvalue weighted by Gasteiger charge is 2.23. The Morgan fingerprint density at radius 3 is 1.89 bits per heavy atom. The summed E-state index contributed by atoms with van der Waals surface area (Å²) < 4.78 is 29.1. The first-order chi connectivity index (χ1) is 8.13. The fourth-order valence-electron chi connectivity index (χ4n) is 0.737. The van der Waals surface area contributed by atoms with Gasteiger partial charge >= 0.3 is 5.97 Å². The zero-order valence-corrected chi connectivity index (χ0v) is 11.5. The molecule has 0 bridgehead atoms. The van der Waals surface area contributed by atoms with Crippen LogP contribution in [-0.2, 0) is 29.3 Å². The third kappa shape index (κ3) is 9.73. The first-order valence-corrected chi connectivity index (χ1v) is 6.71. The molecule has 9 heteroatoms. The van der Waals surface area contributed by atoms with Crippen LogP contribution in [0.15, 0.2) is 0 Å². The summed E-state index contributed by atoms with van der Waals surface area (Å²) in [4.78, 5) is 36.9. The minimum atomic E-state index is -4.31. The largest absolute Gasteiger partial charge is 0.331 e. The van der Waals surface area contributed by atoms with E-state index in [2.05, 4.69) is 4.84 Å². The molecule has 0 aliphatic rings. The lowest BCUT2D eigenvalue weighted by Gasteiger charge is -2.15. The number of rotatable bonds is 3. The maximum atomic E-state index is 11.2. The number of hydrogen-bond donors (Lipinski definition) is 1. The molecule has 0 spiro atoms. The van der Waals surface area contributed by atoms with Crippen LogP contribution in [0.3, 0.4) is 0 Å². The van der Waals surface area contributed by atoms with Crippen molar-refractivity contribution in [3.8, 4) is 0 Å². The zero-order chi connectivity index (χ0) is 14.9. The summed E-state index contributed by atoms with van der Waals surface area (Å²) in [6, 6.07) is 0. The summed E-state index contributed by atoms with van der Waals surface area (Å²) in [5.41, 5.74) is 0. The molecule has 0 radical (unpaired) electrons. The lowest BCUT2D eigenvalue weighted by atomic mass is 10.4. The molecule has 0 aliphatic heterocycles. The predicted octanol–water partition coefficient (Wildman–Crippen LogP) is 0.144. The summed E-state index contributed by atoms with van der Waals surface area (Å²) in [6.07, 6.45) is -0.661. The summed E-state index contributed by atoms with van der Waals surface area (Å²) >= 11 is 0. The van der Waals surface area contributed by atoms with Gasteiger partial charge in [0.15, 0.2) is 0 Å². The van der Waals surface area contributed by atoms with Gasteiger partial charge in [0.2, 0.25) is 0 Å². The number of carbonyl (C=O) groups is 3. The topological polar surface area (TPSA) is 118 Å². The zero-order valence-electron chi connectivity index (χ0n) is 10.7. The highest BCUT2D eigenvalue weighted by molar-refractivity contribution is 7.85. The lowest BCUT2D eigenvalue weighted by molar-refractivity contribution is -0.199. The first-order valence-electron chi connectivity index (χ1n) is 5.10. The third-order valence-corrected chi connectivity index (χ3v) is 2.03. The van der Waals surface area contributed by atoms with Crippen molar-refractivity contribution >= 4 is 27.9 Å². The van der Waals surface area contributed by atoms with Crippen LogP contribution >= 0.6 is 0 Å². The van der Waals surface area contributed by atoms with Crippen molar-refractivity contribution in [3.05, 3.63) is 0 Å².